The predicted octanol–water partition coefficient (Wildman–Crippen LogP) is 6.44. The summed E-state index contributed by atoms with van der Waals surface area (Å²) in [5.41, 5.74) is 14.4. The molecule has 3 heteroatoms. The molecule has 0 radical (unpaired) electrons. The Morgan fingerprint density at radius 3 is 2.50 bits per heavy atom. The van der Waals surface area contributed by atoms with Crippen molar-refractivity contribution in [3.63, 3.8) is 0 Å². The molecule has 30 heavy (non-hydrogen) atoms. The lowest BCUT2D eigenvalue weighted by Crippen LogP contribution is -2.52. The second-order valence-electron chi connectivity index (χ2n) is 11.3. The van der Waals surface area contributed by atoms with E-state index < -0.39 is 0 Å². The molecule has 8 atom stereocenters. The van der Waals surface area contributed by atoms with Gasteiger partial charge in [0.2, 0.25) is 0 Å². The van der Waals surface area contributed by atoms with E-state index in [-0.39, 0.29) is 6.10 Å². The molecule has 3 nitrogen and oxygen atoms in total. The number of anilines is 2. The summed E-state index contributed by atoms with van der Waals surface area (Å²) in [4.78, 5) is 0. The van der Waals surface area contributed by atoms with Gasteiger partial charge in [-0.05, 0) is 104 Å². The number of benzene rings is 1. The first-order valence-electron chi connectivity index (χ1n) is 12.3. The fourth-order valence-corrected chi connectivity index (χ4v) is 8.32. The Morgan fingerprint density at radius 2 is 1.73 bits per heavy atom. The van der Waals surface area contributed by atoms with Gasteiger partial charge in [-0.25, -0.2) is 0 Å². The Bertz CT molecular complexity index is 834. The van der Waals surface area contributed by atoms with Crippen molar-refractivity contribution in [1.29, 1.82) is 0 Å². The fraction of sp³-hybridized carbons (Fsp3) is 0.704. The fourth-order valence-electron chi connectivity index (χ4n) is 8.32. The van der Waals surface area contributed by atoms with Gasteiger partial charge < -0.3 is 16.2 Å². The van der Waals surface area contributed by atoms with Crippen LogP contribution in [-0.4, -0.2) is 6.10 Å². The molecule has 0 heterocycles. The van der Waals surface area contributed by atoms with Gasteiger partial charge in [0.15, 0.2) is 0 Å². The highest BCUT2D eigenvalue weighted by molar-refractivity contribution is 5.60. The van der Waals surface area contributed by atoms with Crippen LogP contribution in [0.15, 0.2) is 30.4 Å². The number of fused-ring (bicyclic) bond motifs is 5. The molecule has 3 fully saturated rings. The maximum Gasteiger partial charge on any atom is 0.142 e. The van der Waals surface area contributed by atoms with Gasteiger partial charge in [0.25, 0.3) is 0 Å². The van der Waals surface area contributed by atoms with Gasteiger partial charge in [-0.3, -0.25) is 0 Å². The average molecular weight is 409 g/mol. The molecule has 0 saturated heterocycles. The highest BCUT2D eigenvalue weighted by atomic mass is 16.5. The molecule has 3 saturated carbocycles. The van der Waals surface area contributed by atoms with E-state index in [1.165, 1.54) is 38.5 Å². The lowest BCUT2D eigenvalue weighted by atomic mass is 9.46. The van der Waals surface area contributed by atoms with Gasteiger partial charge in [0.05, 0.1) is 11.8 Å². The second-order valence-corrected chi connectivity index (χ2v) is 11.3. The first-order valence-corrected chi connectivity index (χ1v) is 12.3. The molecular weight excluding hydrogens is 368 g/mol. The normalized spacial score (nSPS) is 44.8. The molecular formula is C27H40N2O. The van der Waals surface area contributed by atoms with E-state index in [4.69, 9.17) is 16.2 Å². The molecule has 0 aromatic heterocycles. The van der Waals surface area contributed by atoms with Gasteiger partial charge in [0, 0.05) is 5.69 Å². The standard InChI is InChI=1S/C27H40N2O/c1-4-17-6-9-22-21-8-5-18-15-20(30-25-10-7-19(28)16-24(25)29)11-13-27(18,3)23(21)12-14-26(17,22)2/h5,7-8,10,16-18,20-23H,4,6,9,11-15,28-29H2,1-3H3. The van der Waals surface area contributed by atoms with Gasteiger partial charge >= 0.3 is 0 Å². The number of nitrogens with two attached hydrogens (primary N) is 2. The lowest BCUT2D eigenvalue weighted by Gasteiger charge is -2.59. The molecule has 0 aliphatic heterocycles. The van der Waals surface area contributed by atoms with Crippen LogP contribution in [0.25, 0.3) is 0 Å². The Hall–Kier alpha value is -1.64. The Labute approximate surface area is 182 Å². The SMILES string of the molecule is CCC1CCC2C3C=CC4CC(Oc5ccc(N)cc5N)CCC4(C)C3CCC12C. The van der Waals surface area contributed by atoms with E-state index >= 15 is 0 Å². The number of rotatable bonds is 3. The summed E-state index contributed by atoms with van der Waals surface area (Å²) in [5.74, 6) is 4.91. The zero-order chi connectivity index (χ0) is 21.1. The number of hydrogen-bond acceptors (Lipinski definition) is 3. The molecule has 5 rings (SSSR count). The summed E-state index contributed by atoms with van der Waals surface area (Å²) >= 11 is 0. The van der Waals surface area contributed by atoms with Crippen LogP contribution in [0, 0.1) is 40.4 Å². The molecule has 4 N–H and O–H groups in total. The number of hydrogen-bond donors (Lipinski definition) is 2. The van der Waals surface area contributed by atoms with E-state index in [9.17, 15) is 0 Å². The molecule has 1 aromatic carbocycles. The van der Waals surface area contributed by atoms with Crippen LogP contribution in [0.3, 0.4) is 0 Å². The third-order valence-electron chi connectivity index (χ3n) is 10.1. The van der Waals surface area contributed by atoms with Gasteiger partial charge in [-0.2, -0.15) is 0 Å². The smallest absolute Gasteiger partial charge is 0.142 e. The summed E-state index contributed by atoms with van der Waals surface area (Å²) in [6.07, 6.45) is 16.1. The van der Waals surface area contributed by atoms with Gasteiger partial charge in [-0.1, -0.05) is 39.3 Å². The third-order valence-corrected chi connectivity index (χ3v) is 10.1. The van der Waals surface area contributed by atoms with Crippen molar-refractivity contribution in [2.45, 2.75) is 78.2 Å². The summed E-state index contributed by atoms with van der Waals surface area (Å²) in [5, 5.41) is 0. The van der Waals surface area contributed by atoms with E-state index in [0.717, 1.165) is 42.3 Å². The minimum absolute atomic E-state index is 0.250. The first kappa shape index (κ1) is 20.3. The minimum Gasteiger partial charge on any atom is -0.488 e. The Morgan fingerprint density at radius 1 is 0.967 bits per heavy atom. The molecule has 8 unspecified atom stereocenters. The maximum atomic E-state index is 6.37. The van der Waals surface area contributed by atoms with Crippen molar-refractivity contribution < 1.29 is 4.74 Å². The molecule has 4 aliphatic carbocycles. The molecule has 164 valence electrons. The van der Waals surface area contributed by atoms with Crippen LogP contribution < -0.4 is 16.2 Å². The molecule has 0 amide bonds. The Balaban J connectivity index is 1.34. The maximum absolute atomic E-state index is 6.37. The Kier molecular flexibility index (Phi) is 4.87. The zero-order valence-electron chi connectivity index (χ0n) is 19.1. The minimum atomic E-state index is 0.250. The van der Waals surface area contributed by atoms with E-state index in [1.807, 2.05) is 12.1 Å². The average Bonchev–Trinajstić information content (AvgIpc) is 3.06. The zero-order valence-corrected chi connectivity index (χ0v) is 19.1. The van der Waals surface area contributed by atoms with Crippen molar-refractivity contribution >= 4 is 11.4 Å². The van der Waals surface area contributed by atoms with E-state index in [0.29, 0.717) is 28.1 Å². The van der Waals surface area contributed by atoms with Crippen LogP contribution in [-0.2, 0) is 0 Å². The second kappa shape index (κ2) is 7.21. The number of nitrogen functional groups attached to an aromatic ring is 2. The highest BCUT2D eigenvalue weighted by Crippen LogP contribution is 2.66. The summed E-state index contributed by atoms with van der Waals surface area (Å²) in [7, 11) is 0. The van der Waals surface area contributed by atoms with E-state index in [2.05, 4.69) is 32.9 Å². The molecule has 1 aromatic rings. The summed E-state index contributed by atoms with van der Waals surface area (Å²) < 4.78 is 6.37. The van der Waals surface area contributed by atoms with Crippen LogP contribution in [0.4, 0.5) is 11.4 Å². The summed E-state index contributed by atoms with van der Waals surface area (Å²) in [6, 6.07) is 5.61. The monoisotopic (exact) mass is 408 g/mol. The van der Waals surface area contributed by atoms with Crippen molar-refractivity contribution in [2.24, 2.45) is 40.4 Å². The lowest BCUT2D eigenvalue weighted by molar-refractivity contribution is -0.0738. The first-order chi connectivity index (χ1) is 14.3. The van der Waals surface area contributed by atoms with Crippen molar-refractivity contribution in [3.8, 4) is 5.75 Å². The predicted molar refractivity (Wildman–Crippen MR) is 125 cm³/mol. The van der Waals surface area contributed by atoms with Crippen LogP contribution in [0.1, 0.15) is 72.1 Å². The van der Waals surface area contributed by atoms with Gasteiger partial charge in [-0.15, -0.1) is 0 Å². The van der Waals surface area contributed by atoms with Crippen LogP contribution >= 0.6 is 0 Å². The van der Waals surface area contributed by atoms with Crippen molar-refractivity contribution in [3.05, 3.63) is 30.4 Å². The largest absolute Gasteiger partial charge is 0.488 e. The van der Waals surface area contributed by atoms with E-state index in [1.54, 1.807) is 6.07 Å². The topological polar surface area (TPSA) is 61.3 Å². The summed E-state index contributed by atoms with van der Waals surface area (Å²) in [6.45, 7) is 7.63. The van der Waals surface area contributed by atoms with Gasteiger partial charge in [0.1, 0.15) is 5.75 Å². The van der Waals surface area contributed by atoms with Crippen molar-refractivity contribution in [1.82, 2.24) is 0 Å². The van der Waals surface area contributed by atoms with Crippen LogP contribution in [0.2, 0.25) is 0 Å². The molecule has 0 spiro atoms. The third kappa shape index (κ3) is 2.99. The number of ether oxygens (including phenoxy) is 1. The quantitative estimate of drug-likeness (QED) is 0.447. The number of allylic oxidation sites excluding steroid dienone is 2. The molecule has 0 bridgehead atoms. The van der Waals surface area contributed by atoms with Crippen LogP contribution in [0.5, 0.6) is 5.75 Å². The van der Waals surface area contributed by atoms with Crippen molar-refractivity contribution in [2.75, 3.05) is 11.5 Å². The highest BCUT2D eigenvalue weighted by Gasteiger charge is 2.58. The molecule has 4 aliphatic rings.